The summed E-state index contributed by atoms with van der Waals surface area (Å²) in [6.07, 6.45) is -3.80. The SMILES string of the molecule is C[C@@H]1[C@@H]2[C@H]3C[C@]2(COP(=O)(O)O[C@@H]2[C@H](O)[C@@H](COP(=O)(O)O3)O[C@H]2n2cc(F)c3c(=O)[nH]cnc32)O[C@H]1n1cnc2c(N)ncnc21. The lowest BCUT2D eigenvalue weighted by atomic mass is 9.64. The lowest BCUT2D eigenvalue weighted by Gasteiger charge is -2.50. The van der Waals surface area contributed by atoms with Gasteiger partial charge < -0.3 is 39.7 Å². The van der Waals surface area contributed by atoms with E-state index in [1.807, 2.05) is 0 Å². The molecule has 2 unspecified atom stereocenters. The molecule has 4 aliphatic heterocycles. The monoisotopic (exact) mass is 700 g/mol. The van der Waals surface area contributed by atoms with E-state index in [4.69, 9.17) is 33.3 Å². The molecule has 252 valence electrons. The highest BCUT2D eigenvalue weighted by atomic mass is 31.2. The van der Waals surface area contributed by atoms with Crippen LogP contribution in [0.15, 0.2) is 30.0 Å². The molecule has 9 rings (SSSR count). The van der Waals surface area contributed by atoms with Gasteiger partial charge in [0.25, 0.3) is 5.56 Å². The number of halogens is 1. The summed E-state index contributed by atoms with van der Waals surface area (Å²) in [5, 5.41) is 10.7. The quantitative estimate of drug-likeness (QED) is 0.178. The second-order valence-corrected chi connectivity index (χ2v) is 14.6. The van der Waals surface area contributed by atoms with Crippen molar-refractivity contribution >= 4 is 43.7 Å². The van der Waals surface area contributed by atoms with Crippen LogP contribution in [-0.4, -0.2) is 92.2 Å². The van der Waals surface area contributed by atoms with Crippen LogP contribution in [-0.2, 0) is 36.7 Å². The average Bonchev–Trinajstić information content (AvgIpc) is 3.71. The van der Waals surface area contributed by atoms with Gasteiger partial charge in [0.15, 0.2) is 29.2 Å². The maximum atomic E-state index is 14.8. The van der Waals surface area contributed by atoms with E-state index < -0.39 is 99.9 Å². The number of nitrogens with one attached hydrogen (secondary N) is 1. The van der Waals surface area contributed by atoms with E-state index in [0.29, 0.717) is 11.2 Å². The van der Waals surface area contributed by atoms with Gasteiger partial charge in [0, 0.05) is 24.5 Å². The Balaban J connectivity index is 1.14. The van der Waals surface area contributed by atoms with Crippen molar-refractivity contribution in [3.8, 4) is 0 Å². The molecule has 5 fully saturated rings. The number of fused-ring (bicyclic) bond motifs is 8. The first-order chi connectivity index (χ1) is 22.3. The summed E-state index contributed by atoms with van der Waals surface area (Å²) in [6.45, 7) is 0.484. The summed E-state index contributed by atoms with van der Waals surface area (Å²) in [7, 11) is -9.88. The Morgan fingerprint density at radius 2 is 1.85 bits per heavy atom. The van der Waals surface area contributed by atoms with Crippen LogP contribution in [0.4, 0.5) is 10.2 Å². The van der Waals surface area contributed by atoms with Gasteiger partial charge in [-0.25, -0.2) is 33.5 Å². The maximum absolute atomic E-state index is 14.8. The maximum Gasteiger partial charge on any atom is 0.472 e. The number of aliphatic hydroxyl groups excluding tert-OH is 1. The van der Waals surface area contributed by atoms with Crippen molar-refractivity contribution in [2.24, 2.45) is 11.8 Å². The third kappa shape index (κ3) is 4.88. The molecule has 8 heterocycles. The van der Waals surface area contributed by atoms with Crippen molar-refractivity contribution in [1.29, 1.82) is 0 Å². The molecular formula is C24H27FN8O12P2. The van der Waals surface area contributed by atoms with Gasteiger partial charge in [0.05, 0.1) is 32.0 Å². The van der Waals surface area contributed by atoms with Crippen LogP contribution in [0.2, 0.25) is 0 Å². The topological polar surface area (TPSA) is 271 Å². The number of phosphoric acid groups is 2. The average molecular weight is 700 g/mol. The molecule has 47 heavy (non-hydrogen) atoms. The number of aliphatic hydroxyl groups is 1. The van der Waals surface area contributed by atoms with Gasteiger partial charge in [-0.3, -0.25) is 27.5 Å². The lowest BCUT2D eigenvalue weighted by Crippen LogP contribution is -2.59. The van der Waals surface area contributed by atoms with E-state index in [1.54, 1.807) is 11.5 Å². The first kappa shape index (κ1) is 31.1. The van der Waals surface area contributed by atoms with Crippen LogP contribution < -0.4 is 11.3 Å². The number of hydrogen-bond acceptors (Lipinski definition) is 15. The second kappa shape index (κ2) is 10.6. The number of rotatable bonds is 2. The Kier molecular flexibility index (Phi) is 7.04. The largest absolute Gasteiger partial charge is 0.472 e. The van der Waals surface area contributed by atoms with Crippen molar-refractivity contribution in [1.82, 2.24) is 34.1 Å². The van der Waals surface area contributed by atoms with Gasteiger partial charge in [-0.05, 0) is 0 Å². The zero-order valence-electron chi connectivity index (χ0n) is 24.1. The molecule has 4 aromatic heterocycles. The number of nitrogen functional groups attached to an aromatic ring is 1. The molecule has 0 amide bonds. The highest BCUT2D eigenvalue weighted by molar-refractivity contribution is 7.47. The van der Waals surface area contributed by atoms with Crippen molar-refractivity contribution in [2.45, 2.75) is 55.8 Å². The Morgan fingerprint density at radius 1 is 1.06 bits per heavy atom. The van der Waals surface area contributed by atoms with E-state index in [-0.39, 0.29) is 17.9 Å². The zero-order valence-corrected chi connectivity index (χ0v) is 25.9. The first-order valence-electron chi connectivity index (χ1n) is 14.3. The highest BCUT2D eigenvalue weighted by Crippen LogP contribution is 2.64. The molecule has 6 N–H and O–H groups in total. The predicted molar refractivity (Wildman–Crippen MR) is 151 cm³/mol. The summed E-state index contributed by atoms with van der Waals surface area (Å²) >= 11 is 0. The number of ether oxygens (including phenoxy) is 2. The highest BCUT2D eigenvalue weighted by Gasteiger charge is 2.67. The van der Waals surface area contributed by atoms with Gasteiger partial charge >= 0.3 is 15.6 Å². The Bertz CT molecular complexity index is 2060. The summed E-state index contributed by atoms with van der Waals surface area (Å²) < 4.78 is 77.9. The summed E-state index contributed by atoms with van der Waals surface area (Å²) in [5.74, 6) is -1.99. The van der Waals surface area contributed by atoms with E-state index >= 15 is 0 Å². The molecule has 1 saturated carbocycles. The molecule has 23 heteroatoms. The Labute approximate surface area is 261 Å². The molecule has 5 aliphatic rings. The first-order valence-corrected chi connectivity index (χ1v) is 17.3. The standard InChI is InChI=1S/C24H27FN8O12P2/c1-9-14-11-2-24(14,43-22(9)33-8-31-15-18(26)27-6-29-20(15)33)5-41-47(38,39)45-17-16(34)12(4-40-46(36,37)44-11)42-23(17)32-3-10(25)13-19(32)28-7-30-21(13)35/h3,6-9,11-12,14,16-17,22-23,34H,2,4-5H2,1H3,(H,36,37)(H,38,39)(H2,26,27,29)(H,28,30,35)/t9-,11-,12-,14-,16-,17-,22-,23-,24-/m1/s1. The molecule has 4 bridgehead atoms. The smallest absolute Gasteiger partial charge is 0.387 e. The van der Waals surface area contributed by atoms with Crippen molar-refractivity contribution in [3.05, 3.63) is 41.3 Å². The van der Waals surface area contributed by atoms with Gasteiger partial charge in [0.1, 0.15) is 47.4 Å². The number of nitrogens with zero attached hydrogens (tertiary/aromatic N) is 6. The Hall–Kier alpha value is -3.20. The van der Waals surface area contributed by atoms with Crippen LogP contribution >= 0.6 is 15.6 Å². The normalized spacial score (nSPS) is 40.7. The Morgan fingerprint density at radius 3 is 2.66 bits per heavy atom. The summed E-state index contributed by atoms with van der Waals surface area (Å²) in [6, 6.07) is 0. The van der Waals surface area contributed by atoms with E-state index in [9.17, 15) is 33.2 Å². The fourth-order valence-corrected chi connectivity index (χ4v) is 9.01. The summed E-state index contributed by atoms with van der Waals surface area (Å²) in [4.78, 5) is 52.5. The van der Waals surface area contributed by atoms with Gasteiger partial charge in [-0.1, -0.05) is 6.92 Å². The van der Waals surface area contributed by atoms with Gasteiger partial charge in [0.2, 0.25) is 0 Å². The molecule has 4 saturated heterocycles. The molecule has 1 spiro atoms. The fourth-order valence-electron chi connectivity index (χ4n) is 7.09. The molecule has 20 nitrogen and oxygen atoms in total. The van der Waals surface area contributed by atoms with Crippen LogP contribution in [0.25, 0.3) is 22.2 Å². The summed E-state index contributed by atoms with van der Waals surface area (Å²) in [5.41, 5.74) is 4.24. The number of aromatic amines is 1. The number of imidazole rings is 1. The fraction of sp³-hybridized carbons (Fsp3) is 0.542. The molecule has 0 radical (unpaired) electrons. The third-order valence-electron chi connectivity index (χ3n) is 9.14. The minimum atomic E-state index is -5.06. The number of nitrogens with two attached hydrogens (primary N) is 1. The van der Waals surface area contributed by atoms with E-state index in [0.717, 1.165) is 17.1 Å². The third-order valence-corrected chi connectivity index (χ3v) is 11.1. The van der Waals surface area contributed by atoms with Gasteiger partial charge in [-0.15, -0.1) is 0 Å². The van der Waals surface area contributed by atoms with Crippen molar-refractivity contribution in [3.63, 3.8) is 0 Å². The predicted octanol–water partition coefficient (Wildman–Crippen LogP) is 0.486. The van der Waals surface area contributed by atoms with Crippen LogP contribution in [0.1, 0.15) is 25.8 Å². The van der Waals surface area contributed by atoms with Crippen molar-refractivity contribution in [2.75, 3.05) is 18.9 Å². The van der Waals surface area contributed by atoms with Crippen LogP contribution in [0, 0.1) is 17.7 Å². The molecule has 4 aromatic rings. The molecule has 0 aromatic carbocycles. The van der Waals surface area contributed by atoms with Crippen molar-refractivity contribution < 1.29 is 56.0 Å². The number of aromatic nitrogens is 7. The minimum absolute atomic E-state index is 0.0420. The van der Waals surface area contributed by atoms with Crippen LogP contribution in [0.3, 0.4) is 0 Å². The van der Waals surface area contributed by atoms with Crippen LogP contribution in [0.5, 0.6) is 0 Å². The number of H-pyrrole nitrogens is 1. The minimum Gasteiger partial charge on any atom is -0.387 e. The number of hydrogen-bond donors (Lipinski definition) is 5. The molecule has 1 aliphatic carbocycles. The zero-order chi connectivity index (χ0) is 33.0. The molecular weight excluding hydrogens is 673 g/mol. The van der Waals surface area contributed by atoms with Gasteiger partial charge in [-0.2, -0.15) is 0 Å². The second-order valence-electron chi connectivity index (χ2n) is 11.8. The number of phosphoric ester groups is 2. The van der Waals surface area contributed by atoms with E-state index in [2.05, 4.69) is 24.9 Å². The molecule has 11 atom stereocenters. The lowest BCUT2D eigenvalue weighted by molar-refractivity contribution is -0.191. The van der Waals surface area contributed by atoms with E-state index in [1.165, 1.54) is 12.7 Å². The number of anilines is 1.